The molecule has 0 heterocycles. The van der Waals surface area contributed by atoms with Crippen molar-refractivity contribution in [3.8, 4) is 6.07 Å². The maximum atomic E-state index is 13.0. The second-order valence-electron chi connectivity index (χ2n) is 4.52. The smallest absolute Gasteiger partial charge is 0.123 e. The van der Waals surface area contributed by atoms with Gasteiger partial charge in [0.2, 0.25) is 0 Å². The molecule has 1 aromatic carbocycles. The lowest BCUT2D eigenvalue weighted by Gasteiger charge is -2.06. The van der Waals surface area contributed by atoms with Crippen molar-refractivity contribution < 1.29 is 4.39 Å². The Labute approximate surface area is 95.1 Å². The molecule has 2 nitrogen and oxygen atoms in total. The first-order valence-electron chi connectivity index (χ1n) is 5.60. The molecule has 3 heteroatoms. The molecule has 0 saturated heterocycles. The zero-order chi connectivity index (χ0) is 11.5. The molecule has 1 aromatic rings. The molecule has 0 radical (unpaired) electrons. The molecule has 1 aliphatic carbocycles. The van der Waals surface area contributed by atoms with E-state index in [1.165, 1.54) is 24.6 Å². The number of nitrogens with zero attached hydrogens (tertiary/aromatic N) is 1. The van der Waals surface area contributed by atoms with Gasteiger partial charge in [0.25, 0.3) is 0 Å². The SMILES string of the molecule is CC1CC1CNCc1cc(F)ccc1C#N. The van der Waals surface area contributed by atoms with E-state index in [1.807, 2.05) is 0 Å². The van der Waals surface area contributed by atoms with Crippen LogP contribution in [0, 0.1) is 29.0 Å². The van der Waals surface area contributed by atoms with Gasteiger partial charge in [-0.15, -0.1) is 0 Å². The van der Waals surface area contributed by atoms with Crippen LogP contribution in [0.15, 0.2) is 18.2 Å². The standard InChI is InChI=1S/C13H15FN2/c1-9-4-11(9)7-16-8-12-5-13(14)3-2-10(12)6-15/h2-3,5,9,11,16H,4,7-8H2,1H3. The first-order chi connectivity index (χ1) is 7.70. The molecule has 2 rings (SSSR count). The maximum Gasteiger partial charge on any atom is 0.123 e. The Balaban J connectivity index is 1.92. The highest BCUT2D eigenvalue weighted by molar-refractivity contribution is 5.37. The molecule has 16 heavy (non-hydrogen) atoms. The summed E-state index contributed by atoms with van der Waals surface area (Å²) >= 11 is 0. The van der Waals surface area contributed by atoms with Crippen molar-refractivity contribution >= 4 is 0 Å². The highest BCUT2D eigenvalue weighted by Crippen LogP contribution is 2.36. The number of hydrogen-bond acceptors (Lipinski definition) is 2. The predicted molar refractivity (Wildman–Crippen MR) is 60.1 cm³/mol. The van der Waals surface area contributed by atoms with Gasteiger partial charge in [-0.2, -0.15) is 5.26 Å². The second kappa shape index (κ2) is 4.63. The molecule has 0 aliphatic heterocycles. The van der Waals surface area contributed by atoms with Crippen LogP contribution in [0.25, 0.3) is 0 Å². The summed E-state index contributed by atoms with van der Waals surface area (Å²) in [5.41, 5.74) is 1.30. The van der Waals surface area contributed by atoms with Crippen LogP contribution in [-0.2, 0) is 6.54 Å². The summed E-state index contributed by atoms with van der Waals surface area (Å²) in [6.45, 7) is 3.77. The summed E-state index contributed by atoms with van der Waals surface area (Å²) in [6, 6.07) is 6.37. The van der Waals surface area contributed by atoms with E-state index >= 15 is 0 Å². The van der Waals surface area contributed by atoms with Crippen LogP contribution < -0.4 is 5.32 Å². The van der Waals surface area contributed by atoms with Gasteiger partial charge in [0, 0.05) is 6.54 Å². The van der Waals surface area contributed by atoms with E-state index in [0.717, 1.165) is 23.9 Å². The molecule has 0 amide bonds. The van der Waals surface area contributed by atoms with E-state index < -0.39 is 0 Å². The number of nitriles is 1. The van der Waals surface area contributed by atoms with Gasteiger partial charge in [-0.3, -0.25) is 0 Å². The van der Waals surface area contributed by atoms with Gasteiger partial charge in [-0.1, -0.05) is 6.92 Å². The monoisotopic (exact) mass is 218 g/mol. The van der Waals surface area contributed by atoms with Gasteiger partial charge in [0.15, 0.2) is 0 Å². The molecule has 1 aliphatic rings. The van der Waals surface area contributed by atoms with Crippen molar-refractivity contribution in [2.24, 2.45) is 11.8 Å². The molecule has 84 valence electrons. The normalized spacial score (nSPS) is 22.8. The fraction of sp³-hybridized carbons (Fsp3) is 0.462. The summed E-state index contributed by atoms with van der Waals surface area (Å²) < 4.78 is 13.0. The number of rotatable bonds is 4. The Morgan fingerprint density at radius 2 is 2.31 bits per heavy atom. The number of benzene rings is 1. The Morgan fingerprint density at radius 3 is 2.94 bits per heavy atom. The fourth-order valence-electron chi connectivity index (χ4n) is 1.89. The van der Waals surface area contributed by atoms with E-state index in [9.17, 15) is 4.39 Å². The number of hydrogen-bond donors (Lipinski definition) is 1. The summed E-state index contributed by atoms with van der Waals surface area (Å²) in [4.78, 5) is 0. The quantitative estimate of drug-likeness (QED) is 0.842. The highest BCUT2D eigenvalue weighted by Gasteiger charge is 2.31. The van der Waals surface area contributed by atoms with Crippen molar-refractivity contribution in [3.05, 3.63) is 35.1 Å². The Morgan fingerprint density at radius 1 is 1.56 bits per heavy atom. The lowest BCUT2D eigenvalue weighted by atomic mass is 10.1. The molecule has 1 N–H and O–H groups in total. The van der Waals surface area contributed by atoms with E-state index in [2.05, 4.69) is 18.3 Å². The van der Waals surface area contributed by atoms with Crippen molar-refractivity contribution in [1.29, 1.82) is 5.26 Å². The largest absolute Gasteiger partial charge is 0.312 e. The predicted octanol–water partition coefficient (Wildman–Crippen LogP) is 2.44. The van der Waals surface area contributed by atoms with Crippen molar-refractivity contribution in [3.63, 3.8) is 0 Å². The van der Waals surface area contributed by atoms with E-state index in [0.29, 0.717) is 12.1 Å². The highest BCUT2D eigenvalue weighted by atomic mass is 19.1. The molecule has 0 bridgehead atoms. The van der Waals surface area contributed by atoms with E-state index in [4.69, 9.17) is 5.26 Å². The molecule has 1 saturated carbocycles. The van der Waals surface area contributed by atoms with Gasteiger partial charge < -0.3 is 5.32 Å². The summed E-state index contributed by atoms with van der Waals surface area (Å²) in [5, 5.41) is 12.2. The van der Waals surface area contributed by atoms with Gasteiger partial charge in [0.1, 0.15) is 5.82 Å². The molecule has 0 spiro atoms. The first-order valence-corrected chi connectivity index (χ1v) is 5.60. The van der Waals surface area contributed by atoms with Gasteiger partial charge >= 0.3 is 0 Å². The lowest BCUT2D eigenvalue weighted by Crippen LogP contribution is -2.17. The van der Waals surface area contributed by atoms with Crippen LogP contribution in [0.4, 0.5) is 4.39 Å². The third-order valence-corrected chi connectivity index (χ3v) is 3.19. The topological polar surface area (TPSA) is 35.8 Å². The van der Waals surface area contributed by atoms with Crippen LogP contribution in [-0.4, -0.2) is 6.54 Å². The molecule has 1 fully saturated rings. The van der Waals surface area contributed by atoms with Crippen molar-refractivity contribution in [2.75, 3.05) is 6.54 Å². The van der Waals surface area contributed by atoms with Crippen LogP contribution in [0.1, 0.15) is 24.5 Å². The Kier molecular flexibility index (Phi) is 3.21. The first kappa shape index (κ1) is 11.1. The average molecular weight is 218 g/mol. The van der Waals surface area contributed by atoms with Gasteiger partial charge in [0.05, 0.1) is 11.6 Å². The maximum absolute atomic E-state index is 13.0. The Hall–Kier alpha value is -1.40. The third-order valence-electron chi connectivity index (χ3n) is 3.19. The van der Waals surface area contributed by atoms with Crippen LogP contribution >= 0.6 is 0 Å². The fourth-order valence-corrected chi connectivity index (χ4v) is 1.89. The lowest BCUT2D eigenvalue weighted by molar-refractivity contribution is 0.600. The molecule has 0 aromatic heterocycles. The van der Waals surface area contributed by atoms with Gasteiger partial charge in [-0.05, 0) is 48.6 Å². The molecular weight excluding hydrogens is 203 g/mol. The molecule has 2 unspecified atom stereocenters. The van der Waals surface area contributed by atoms with Crippen LogP contribution in [0.3, 0.4) is 0 Å². The summed E-state index contributed by atoms with van der Waals surface area (Å²) in [7, 11) is 0. The zero-order valence-electron chi connectivity index (χ0n) is 9.33. The Bertz CT molecular complexity index is 422. The summed E-state index contributed by atoms with van der Waals surface area (Å²) in [6.07, 6.45) is 1.28. The van der Waals surface area contributed by atoms with Crippen LogP contribution in [0.5, 0.6) is 0 Å². The minimum absolute atomic E-state index is 0.282. The minimum atomic E-state index is -0.282. The van der Waals surface area contributed by atoms with Crippen molar-refractivity contribution in [1.82, 2.24) is 5.32 Å². The zero-order valence-corrected chi connectivity index (χ0v) is 9.33. The van der Waals surface area contributed by atoms with Crippen LogP contribution in [0.2, 0.25) is 0 Å². The van der Waals surface area contributed by atoms with E-state index in [1.54, 1.807) is 0 Å². The number of halogens is 1. The van der Waals surface area contributed by atoms with Crippen molar-refractivity contribution in [2.45, 2.75) is 19.9 Å². The van der Waals surface area contributed by atoms with E-state index in [-0.39, 0.29) is 5.82 Å². The minimum Gasteiger partial charge on any atom is -0.312 e. The third kappa shape index (κ3) is 2.59. The average Bonchev–Trinajstić information content (AvgIpc) is 2.95. The second-order valence-corrected chi connectivity index (χ2v) is 4.52. The molecule has 2 atom stereocenters. The summed E-state index contributed by atoms with van der Waals surface area (Å²) in [5.74, 6) is 1.30. The van der Waals surface area contributed by atoms with Gasteiger partial charge in [-0.25, -0.2) is 4.39 Å². The number of nitrogens with one attached hydrogen (secondary N) is 1. The molecular formula is C13H15FN2.